The van der Waals surface area contributed by atoms with E-state index in [1.807, 2.05) is 0 Å². The van der Waals surface area contributed by atoms with Crippen molar-refractivity contribution in [2.45, 2.75) is 6.42 Å². The van der Waals surface area contributed by atoms with E-state index < -0.39 is 11.8 Å². The maximum absolute atomic E-state index is 13.2. The number of carboxylic acid groups (broad SMARTS) is 1. The molecule has 0 aliphatic rings. The molecule has 0 atom stereocenters. The van der Waals surface area contributed by atoms with Crippen molar-refractivity contribution in [1.82, 2.24) is 0 Å². The first-order valence-corrected chi connectivity index (χ1v) is 4.57. The third kappa shape index (κ3) is 2.45. The van der Waals surface area contributed by atoms with Crippen LogP contribution in [0.25, 0.3) is 0 Å². The van der Waals surface area contributed by atoms with E-state index in [0.717, 1.165) is 0 Å². The highest BCUT2D eigenvalue weighted by Gasteiger charge is 2.10. The number of carboxylic acids is 1. The molecule has 76 valence electrons. The first-order chi connectivity index (χ1) is 6.54. The van der Waals surface area contributed by atoms with Gasteiger partial charge in [-0.25, -0.2) is 4.39 Å². The van der Waals surface area contributed by atoms with Gasteiger partial charge in [0.25, 0.3) is 0 Å². The summed E-state index contributed by atoms with van der Waals surface area (Å²) in [7, 11) is 1.33. The highest BCUT2D eigenvalue weighted by Crippen LogP contribution is 2.27. The van der Waals surface area contributed by atoms with Crippen LogP contribution in [0.3, 0.4) is 0 Å². The molecule has 0 aliphatic heterocycles. The van der Waals surface area contributed by atoms with E-state index in [9.17, 15) is 9.18 Å². The van der Waals surface area contributed by atoms with E-state index in [-0.39, 0.29) is 16.6 Å². The molecule has 1 aromatic rings. The summed E-state index contributed by atoms with van der Waals surface area (Å²) in [5.74, 6) is -1.46. The predicted octanol–water partition coefficient (Wildman–Crippen LogP) is 2.22. The SMILES string of the molecule is COc1cc(CC(=O)O)cc(Br)c1F. The van der Waals surface area contributed by atoms with Crippen molar-refractivity contribution in [2.24, 2.45) is 0 Å². The van der Waals surface area contributed by atoms with E-state index in [1.165, 1.54) is 19.2 Å². The van der Waals surface area contributed by atoms with E-state index in [4.69, 9.17) is 9.84 Å². The summed E-state index contributed by atoms with van der Waals surface area (Å²) in [6.45, 7) is 0. The number of methoxy groups -OCH3 is 1. The second-order valence-electron chi connectivity index (χ2n) is 2.66. The van der Waals surface area contributed by atoms with Gasteiger partial charge in [0.1, 0.15) is 0 Å². The first-order valence-electron chi connectivity index (χ1n) is 3.78. The maximum atomic E-state index is 13.2. The lowest BCUT2D eigenvalue weighted by molar-refractivity contribution is -0.136. The minimum absolute atomic E-state index is 0.0376. The van der Waals surface area contributed by atoms with Crippen LogP contribution in [-0.4, -0.2) is 18.2 Å². The summed E-state index contributed by atoms with van der Waals surface area (Å²) >= 11 is 2.98. The predicted molar refractivity (Wildman–Crippen MR) is 52.0 cm³/mol. The number of halogens is 2. The standard InChI is InChI=1S/C9H8BrFO3/c1-14-7-3-5(4-8(12)13)2-6(10)9(7)11/h2-3H,4H2,1H3,(H,12,13). The molecule has 0 saturated carbocycles. The van der Waals surface area contributed by atoms with Crippen LogP contribution in [0.4, 0.5) is 4.39 Å². The van der Waals surface area contributed by atoms with Gasteiger partial charge in [-0.15, -0.1) is 0 Å². The van der Waals surface area contributed by atoms with Gasteiger partial charge in [0.05, 0.1) is 18.0 Å². The molecule has 3 nitrogen and oxygen atoms in total. The molecule has 0 saturated heterocycles. The van der Waals surface area contributed by atoms with Crippen LogP contribution in [0.5, 0.6) is 5.75 Å². The highest BCUT2D eigenvalue weighted by molar-refractivity contribution is 9.10. The number of carbonyl (C=O) groups is 1. The Balaban J connectivity index is 3.09. The van der Waals surface area contributed by atoms with Crippen LogP contribution in [0.1, 0.15) is 5.56 Å². The minimum Gasteiger partial charge on any atom is -0.494 e. The topological polar surface area (TPSA) is 46.5 Å². The molecule has 1 N–H and O–H groups in total. The third-order valence-electron chi connectivity index (χ3n) is 1.63. The highest BCUT2D eigenvalue weighted by atomic mass is 79.9. The summed E-state index contributed by atoms with van der Waals surface area (Å²) in [6, 6.07) is 2.79. The molecule has 1 rings (SSSR count). The van der Waals surface area contributed by atoms with E-state index in [0.29, 0.717) is 5.56 Å². The quantitative estimate of drug-likeness (QED) is 0.909. The molecule has 0 spiro atoms. The summed E-state index contributed by atoms with van der Waals surface area (Å²) < 4.78 is 18.2. The van der Waals surface area contributed by atoms with Crippen molar-refractivity contribution in [3.05, 3.63) is 28.0 Å². The fourth-order valence-corrected chi connectivity index (χ4v) is 1.53. The molecule has 5 heteroatoms. The summed E-state index contributed by atoms with van der Waals surface area (Å²) in [5.41, 5.74) is 0.489. The van der Waals surface area contributed by atoms with Crippen LogP contribution in [-0.2, 0) is 11.2 Å². The van der Waals surface area contributed by atoms with Gasteiger partial charge in [-0.2, -0.15) is 0 Å². The second-order valence-corrected chi connectivity index (χ2v) is 3.52. The molecule has 1 aromatic carbocycles. The molecular formula is C9H8BrFO3. The number of hydrogen-bond donors (Lipinski definition) is 1. The maximum Gasteiger partial charge on any atom is 0.307 e. The number of aliphatic carboxylic acids is 1. The monoisotopic (exact) mass is 262 g/mol. The van der Waals surface area contributed by atoms with Crippen LogP contribution in [0.2, 0.25) is 0 Å². The Bertz CT molecular complexity index is 365. The molecule has 0 unspecified atom stereocenters. The molecule has 0 aliphatic carbocycles. The van der Waals surface area contributed by atoms with E-state index in [1.54, 1.807) is 0 Å². The van der Waals surface area contributed by atoms with E-state index in [2.05, 4.69) is 15.9 Å². The van der Waals surface area contributed by atoms with Gasteiger partial charge >= 0.3 is 5.97 Å². The molecule has 0 heterocycles. The van der Waals surface area contributed by atoms with Gasteiger partial charge in [0, 0.05) is 0 Å². The Morgan fingerprint density at radius 3 is 2.79 bits per heavy atom. The van der Waals surface area contributed by atoms with Crippen LogP contribution >= 0.6 is 15.9 Å². The van der Waals surface area contributed by atoms with Gasteiger partial charge in [0.15, 0.2) is 11.6 Å². The van der Waals surface area contributed by atoms with Crippen molar-refractivity contribution < 1.29 is 19.0 Å². The zero-order chi connectivity index (χ0) is 10.7. The van der Waals surface area contributed by atoms with Crippen LogP contribution in [0.15, 0.2) is 16.6 Å². The second kappa shape index (κ2) is 4.41. The molecule has 0 radical (unpaired) electrons. The van der Waals surface area contributed by atoms with Gasteiger partial charge in [0.2, 0.25) is 0 Å². The Morgan fingerprint density at radius 2 is 2.29 bits per heavy atom. The molecule has 14 heavy (non-hydrogen) atoms. The van der Waals surface area contributed by atoms with Crippen molar-refractivity contribution in [1.29, 1.82) is 0 Å². The zero-order valence-electron chi connectivity index (χ0n) is 7.38. The zero-order valence-corrected chi connectivity index (χ0v) is 8.97. The van der Waals surface area contributed by atoms with Crippen molar-refractivity contribution >= 4 is 21.9 Å². The normalized spacial score (nSPS) is 9.93. The van der Waals surface area contributed by atoms with Crippen molar-refractivity contribution in [2.75, 3.05) is 7.11 Å². The van der Waals surface area contributed by atoms with Crippen LogP contribution in [0, 0.1) is 5.82 Å². The van der Waals surface area contributed by atoms with E-state index >= 15 is 0 Å². The lowest BCUT2D eigenvalue weighted by atomic mass is 10.1. The number of rotatable bonds is 3. The molecule has 0 bridgehead atoms. The molecule has 0 aromatic heterocycles. The number of hydrogen-bond acceptors (Lipinski definition) is 2. The first kappa shape index (κ1) is 11.0. The van der Waals surface area contributed by atoms with Crippen molar-refractivity contribution in [3.8, 4) is 5.75 Å². The number of ether oxygens (including phenoxy) is 1. The Hall–Kier alpha value is -1.10. The largest absolute Gasteiger partial charge is 0.494 e. The average Bonchev–Trinajstić information content (AvgIpc) is 2.10. The van der Waals surface area contributed by atoms with Gasteiger partial charge in [-0.3, -0.25) is 4.79 Å². The van der Waals surface area contributed by atoms with Gasteiger partial charge < -0.3 is 9.84 Å². The Labute approximate surface area is 88.6 Å². The number of benzene rings is 1. The molecule has 0 fully saturated rings. The Kier molecular flexibility index (Phi) is 3.46. The molecule has 0 amide bonds. The van der Waals surface area contributed by atoms with Gasteiger partial charge in [-0.1, -0.05) is 0 Å². The summed E-state index contributed by atoms with van der Waals surface area (Å²) in [6.07, 6.45) is -0.158. The summed E-state index contributed by atoms with van der Waals surface area (Å²) in [4.78, 5) is 10.4. The van der Waals surface area contributed by atoms with Gasteiger partial charge in [-0.05, 0) is 33.6 Å². The minimum atomic E-state index is -0.967. The average molecular weight is 263 g/mol. The fraction of sp³-hybridized carbons (Fsp3) is 0.222. The Morgan fingerprint density at radius 1 is 1.64 bits per heavy atom. The smallest absolute Gasteiger partial charge is 0.307 e. The van der Waals surface area contributed by atoms with Crippen LogP contribution < -0.4 is 4.74 Å². The third-order valence-corrected chi connectivity index (χ3v) is 2.21. The lowest BCUT2D eigenvalue weighted by Crippen LogP contribution is -2.01. The molecular weight excluding hydrogens is 255 g/mol. The summed E-state index contributed by atoms with van der Waals surface area (Å²) in [5, 5.41) is 8.54. The van der Waals surface area contributed by atoms with Crippen molar-refractivity contribution in [3.63, 3.8) is 0 Å². The fourth-order valence-electron chi connectivity index (χ4n) is 1.04. The lowest BCUT2D eigenvalue weighted by Gasteiger charge is -2.06.